The molecule has 0 bridgehead atoms. The second-order valence-electron chi connectivity index (χ2n) is 6.19. The Morgan fingerprint density at radius 2 is 1.73 bits per heavy atom. The van der Waals surface area contributed by atoms with Crippen LogP contribution in [-0.4, -0.2) is 16.1 Å². The number of benzene rings is 3. The molecule has 0 aromatic heterocycles. The van der Waals surface area contributed by atoms with Crippen LogP contribution < -0.4 is 5.32 Å². The zero-order valence-corrected chi connectivity index (χ0v) is 14.6. The number of rotatable bonds is 5. The second-order valence-corrected chi connectivity index (χ2v) is 6.19. The zero-order chi connectivity index (χ0) is 18.5. The molecule has 1 amide bonds. The molecule has 3 aromatic carbocycles. The van der Waals surface area contributed by atoms with E-state index < -0.39 is 0 Å². The molecule has 132 valence electrons. The highest BCUT2D eigenvalue weighted by atomic mass is 16.3. The number of allylic oxidation sites excluding steroid dienone is 1. The topological polar surface area (TPSA) is 69.6 Å². The fraction of sp³-hybridized carbons (Fsp3) is 0.136. The molecule has 0 saturated carbocycles. The van der Waals surface area contributed by atoms with Gasteiger partial charge < -0.3 is 15.5 Å². The molecular weight excluding hydrogens is 326 g/mol. The quantitative estimate of drug-likeness (QED) is 0.614. The first-order chi connectivity index (χ1) is 12.6. The van der Waals surface area contributed by atoms with Crippen molar-refractivity contribution in [3.05, 3.63) is 83.4 Å². The van der Waals surface area contributed by atoms with Crippen LogP contribution >= 0.6 is 0 Å². The molecule has 0 spiro atoms. The first kappa shape index (κ1) is 17.9. The van der Waals surface area contributed by atoms with Gasteiger partial charge in [0.05, 0.1) is 13.2 Å². The van der Waals surface area contributed by atoms with Gasteiger partial charge in [-0.2, -0.15) is 0 Å². The maximum absolute atomic E-state index is 12.4. The first-order valence-electron chi connectivity index (χ1n) is 8.42. The van der Waals surface area contributed by atoms with Crippen LogP contribution in [0.15, 0.2) is 66.7 Å². The minimum atomic E-state index is -0.277. The molecule has 3 aromatic rings. The number of amides is 1. The average molecular weight is 347 g/mol. The van der Waals surface area contributed by atoms with Crippen LogP contribution in [0.25, 0.3) is 16.3 Å². The molecule has 0 saturated heterocycles. The highest BCUT2D eigenvalue weighted by molar-refractivity contribution is 6.04. The van der Waals surface area contributed by atoms with Crippen LogP contribution in [0.1, 0.15) is 23.6 Å². The van der Waals surface area contributed by atoms with Crippen molar-refractivity contribution in [2.45, 2.75) is 20.1 Å². The number of fused-ring (bicyclic) bond motifs is 1. The third kappa shape index (κ3) is 3.99. The van der Waals surface area contributed by atoms with E-state index in [1.165, 1.54) is 6.08 Å². The van der Waals surface area contributed by atoms with Gasteiger partial charge in [0.25, 0.3) is 0 Å². The molecule has 3 N–H and O–H groups in total. The summed E-state index contributed by atoms with van der Waals surface area (Å²) in [7, 11) is 0. The molecule has 0 aliphatic carbocycles. The normalized spacial score (nSPS) is 11.6. The van der Waals surface area contributed by atoms with E-state index in [-0.39, 0.29) is 19.1 Å². The number of carbonyl (C=O) groups is 1. The van der Waals surface area contributed by atoms with Gasteiger partial charge in [0.1, 0.15) is 0 Å². The van der Waals surface area contributed by atoms with E-state index in [2.05, 4.69) is 17.4 Å². The third-order valence-electron chi connectivity index (χ3n) is 4.34. The van der Waals surface area contributed by atoms with Crippen LogP contribution in [0, 0.1) is 0 Å². The number of carbonyl (C=O) groups excluding carboxylic acids is 1. The van der Waals surface area contributed by atoms with Crippen molar-refractivity contribution in [1.82, 2.24) is 0 Å². The fourth-order valence-corrected chi connectivity index (χ4v) is 2.86. The Bertz CT molecular complexity index is 976. The summed E-state index contributed by atoms with van der Waals surface area (Å²) in [6.45, 7) is 1.58. The Hall–Kier alpha value is -2.95. The van der Waals surface area contributed by atoms with Gasteiger partial charge in [-0.05, 0) is 46.5 Å². The smallest absolute Gasteiger partial charge is 0.248 e. The van der Waals surface area contributed by atoms with Crippen LogP contribution in [0.2, 0.25) is 0 Å². The van der Waals surface area contributed by atoms with Crippen LogP contribution in [0.5, 0.6) is 0 Å². The largest absolute Gasteiger partial charge is 0.392 e. The van der Waals surface area contributed by atoms with E-state index in [4.69, 9.17) is 0 Å². The van der Waals surface area contributed by atoms with Crippen molar-refractivity contribution < 1.29 is 15.0 Å². The maximum atomic E-state index is 12.4. The molecule has 0 unspecified atom stereocenters. The van der Waals surface area contributed by atoms with E-state index in [0.717, 1.165) is 21.9 Å². The van der Waals surface area contributed by atoms with Gasteiger partial charge in [0.15, 0.2) is 0 Å². The van der Waals surface area contributed by atoms with E-state index >= 15 is 0 Å². The highest BCUT2D eigenvalue weighted by Crippen LogP contribution is 2.22. The number of anilines is 1. The summed E-state index contributed by atoms with van der Waals surface area (Å²) in [5.41, 5.74) is 3.61. The number of hydrogen-bond donors (Lipinski definition) is 3. The summed E-state index contributed by atoms with van der Waals surface area (Å²) in [5.74, 6) is -0.277. The Labute approximate surface area is 152 Å². The molecule has 0 heterocycles. The fourth-order valence-electron chi connectivity index (χ4n) is 2.86. The summed E-state index contributed by atoms with van der Waals surface area (Å²) in [4.78, 5) is 12.4. The molecular formula is C22H21NO3. The van der Waals surface area contributed by atoms with Crippen molar-refractivity contribution in [3.8, 4) is 0 Å². The lowest BCUT2D eigenvalue weighted by molar-refractivity contribution is -0.111. The van der Waals surface area contributed by atoms with Crippen LogP contribution in [-0.2, 0) is 18.0 Å². The van der Waals surface area contributed by atoms with Gasteiger partial charge in [-0.15, -0.1) is 0 Å². The van der Waals surface area contributed by atoms with Gasteiger partial charge in [0.2, 0.25) is 5.91 Å². The van der Waals surface area contributed by atoms with Crippen molar-refractivity contribution in [1.29, 1.82) is 0 Å². The van der Waals surface area contributed by atoms with E-state index in [9.17, 15) is 15.0 Å². The van der Waals surface area contributed by atoms with E-state index in [0.29, 0.717) is 16.8 Å². The van der Waals surface area contributed by atoms with Crippen molar-refractivity contribution >= 4 is 27.9 Å². The highest BCUT2D eigenvalue weighted by Gasteiger charge is 2.07. The first-order valence-corrected chi connectivity index (χ1v) is 8.42. The third-order valence-corrected chi connectivity index (χ3v) is 4.34. The predicted molar refractivity (Wildman–Crippen MR) is 105 cm³/mol. The maximum Gasteiger partial charge on any atom is 0.248 e. The molecule has 0 atom stereocenters. The Balaban J connectivity index is 1.83. The predicted octanol–water partition coefficient (Wildman–Crippen LogP) is 3.87. The Morgan fingerprint density at radius 3 is 2.46 bits per heavy atom. The molecule has 0 radical (unpaired) electrons. The van der Waals surface area contributed by atoms with E-state index in [1.807, 2.05) is 37.3 Å². The molecule has 26 heavy (non-hydrogen) atoms. The Morgan fingerprint density at radius 1 is 0.962 bits per heavy atom. The Kier molecular flexibility index (Phi) is 5.46. The molecule has 0 aliphatic heterocycles. The summed E-state index contributed by atoms with van der Waals surface area (Å²) in [6, 6.07) is 19.2. The summed E-state index contributed by atoms with van der Waals surface area (Å²) >= 11 is 0. The lowest BCUT2D eigenvalue weighted by Crippen LogP contribution is -2.11. The zero-order valence-electron chi connectivity index (χ0n) is 14.6. The minimum Gasteiger partial charge on any atom is -0.392 e. The van der Waals surface area contributed by atoms with Crippen molar-refractivity contribution in [2.75, 3.05) is 5.32 Å². The molecule has 0 aliphatic rings. The van der Waals surface area contributed by atoms with Gasteiger partial charge in [-0.25, -0.2) is 0 Å². The molecule has 3 rings (SSSR count). The van der Waals surface area contributed by atoms with Crippen LogP contribution in [0.3, 0.4) is 0 Å². The number of aliphatic hydroxyl groups is 2. The number of nitrogens with one attached hydrogen (secondary N) is 1. The van der Waals surface area contributed by atoms with Gasteiger partial charge >= 0.3 is 0 Å². The lowest BCUT2D eigenvalue weighted by Gasteiger charge is -2.10. The minimum absolute atomic E-state index is 0.124. The van der Waals surface area contributed by atoms with Gasteiger partial charge in [-0.3, -0.25) is 4.79 Å². The SMILES string of the molecule is C/C(=C/C(=O)Nc1cc(CO)ccc1CO)c1ccc2ccccc2c1. The molecule has 0 fully saturated rings. The number of hydrogen-bond acceptors (Lipinski definition) is 3. The molecule has 4 heteroatoms. The van der Waals surface area contributed by atoms with Crippen molar-refractivity contribution in [2.24, 2.45) is 0 Å². The summed E-state index contributed by atoms with van der Waals surface area (Å²) in [6.07, 6.45) is 1.54. The van der Waals surface area contributed by atoms with Gasteiger partial charge in [-0.1, -0.05) is 48.5 Å². The standard InChI is InChI=1S/C22H21NO3/c1-15(18-9-8-17-4-2-3-5-19(17)12-18)10-22(26)23-21-11-16(13-24)6-7-20(21)14-25/h2-12,24-25H,13-14H2,1H3,(H,23,26)/b15-10-. The summed E-state index contributed by atoms with van der Waals surface area (Å²) in [5, 5.41) is 23.7. The van der Waals surface area contributed by atoms with Crippen molar-refractivity contribution in [3.63, 3.8) is 0 Å². The average Bonchev–Trinajstić information content (AvgIpc) is 2.67. The summed E-state index contributed by atoms with van der Waals surface area (Å²) < 4.78 is 0. The monoisotopic (exact) mass is 347 g/mol. The van der Waals surface area contributed by atoms with Gasteiger partial charge in [0, 0.05) is 17.3 Å². The lowest BCUT2D eigenvalue weighted by atomic mass is 10.0. The van der Waals surface area contributed by atoms with E-state index in [1.54, 1.807) is 18.2 Å². The van der Waals surface area contributed by atoms with Crippen LogP contribution in [0.4, 0.5) is 5.69 Å². The number of aliphatic hydroxyl groups excluding tert-OH is 2. The second kappa shape index (κ2) is 7.95. The molecule has 4 nitrogen and oxygen atoms in total.